The van der Waals surface area contributed by atoms with Crippen LogP contribution in [0.5, 0.6) is 0 Å². The van der Waals surface area contributed by atoms with Crippen LogP contribution in [0.4, 0.5) is 0 Å². The van der Waals surface area contributed by atoms with Gasteiger partial charge in [-0.2, -0.15) is 5.10 Å². The fourth-order valence-corrected chi connectivity index (χ4v) is 3.65. The summed E-state index contributed by atoms with van der Waals surface area (Å²) in [7, 11) is 1.84. The maximum atomic E-state index is 6.53. The lowest BCUT2D eigenvalue weighted by Crippen LogP contribution is -2.23. The molecule has 4 heterocycles. The molecule has 3 aromatic heterocycles. The maximum absolute atomic E-state index is 6.53. The molecule has 25 heavy (non-hydrogen) atoms. The third kappa shape index (κ3) is 2.98. The standard InChI is InChI=1S/C17H20ClN5O2/c1-10-7-13(20-24-10)15-5-4-6-23(15)9-12-16(19-22(3)17(12)18)14-8-11(2)25-21-14/h7-8,15H,4-6,9H2,1-3H3/t15-/m1/s1. The van der Waals surface area contributed by atoms with Crippen LogP contribution in [0, 0.1) is 13.8 Å². The molecule has 0 aromatic carbocycles. The minimum absolute atomic E-state index is 0.237. The second-order valence-electron chi connectivity index (χ2n) is 6.56. The zero-order chi connectivity index (χ0) is 17.6. The Kier molecular flexibility index (Phi) is 4.13. The third-order valence-corrected chi connectivity index (χ3v) is 5.12. The van der Waals surface area contributed by atoms with E-state index in [0.717, 1.165) is 47.9 Å². The largest absolute Gasteiger partial charge is 0.361 e. The van der Waals surface area contributed by atoms with E-state index in [0.29, 0.717) is 17.4 Å². The summed E-state index contributed by atoms with van der Waals surface area (Å²) in [6.45, 7) is 5.45. The van der Waals surface area contributed by atoms with Gasteiger partial charge in [-0.15, -0.1) is 0 Å². The van der Waals surface area contributed by atoms with Crippen molar-refractivity contribution in [1.29, 1.82) is 0 Å². The molecule has 0 amide bonds. The molecular weight excluding hydrogens is 342 g/mol. The molecule has 7 nitrogen and oxygen atoms in total. The van der Waals surface area contributed by atoms with Crippen molar-refractivity contribution < 1.29 is 9.05 Å². The van der Waals surface area contributed by atoms with Crippen molar-refractivity contribution in [3.8, 4) is 11.4 Å². The van der Waals surface area contributed by atoms with Crippen LogP contribution < -0.4 is 0 Å². The number of aromatic nitrogens is 4. The topological polar surface area (TPSA) is 73.1 Å². The van der Waals surface area contributed by atoms with E-state index in [1.54, 1.807) is 4.68 Å². The van der Waals surface area contributed by atoms with Crippen LogP contribution in [0.3, 0.4) is 0 Å². The molecule has 1 atom stereocenters. The zero-order valence-electron chi connectivity index (χ0n) is 14.5. The normalized spacial score (nSPS) is 18.3. The summed E-state index contributed by atoms with van der Waals surface area (Å²) in [5, 5.41) is 13.5. The van der Waals surface area contributed by atoms with Crippen LogP contribution in [0.15, 0.2) is 21.2 Å². The summed E-state index contributed by atoms with van der Waals surface area (Å²) in [5.74, 6) is 1.58. The number of halogens is 1. The van der Waals surface area contributed by atoms with Crippen molar-refractivity contribution in [2.75, 3.05) is 6.54 Å². The lowest BCUT2D eigenvalue weighted by Gasteiger charge is -2.22. The highest BCUT2D eigenvalue weighted by molar-refractivity contribution is 6.30. The van der Waals surface area contributed by atoms with E-state index < -0.39 is 0 Å². The average molecular weight is 362 g/mol. The first kappa shape index (κ1) is 16.4. The lowest BCUT2D eigenvalue weighted by molar-refractivity contribution is 0.237. The van der Waals surface area contributed by atoms with Gasteiger partial charge in [-0.25, -0.2) is 0 Å². The molecule has 8 heteroatoms. The molecule has 1 saturated heterocycles. The van der Waals surface area contributed by atoms with Gasteiger partial charge in [-0.3, -0.25) is 9.58 Å². The van der Waals surface area contributed by atoms with E-state index in [-0.39, 0.29) is 6.04 Å². The quantitative estimate of drug-likeness (QED) is 0.706. The Morgan fingerprint density at radius 2 is 1.96 bits per heavy atom. The van der Waals surface area contributed by atoms with Crippen molar-refractivity contribution in [3.05, 3.63) is 40.1 Å². The van der Waals surface area contributed by atoms with Crippen molar-refractivity contribution in [2.45, 2.75) is 39.3 Å². The molecule has 0 radical (unpaired) electrons. The van der Waals surface area contributed by atoms with Gasteiger partial charge < -0.3 is 9.05 Å². The predicted octanol–water partition coefficient (Wildman–Crippen LogP) is 3.67. The molecule has 1 aliphatic rings. The van der Waals surface area contributed by atoms with Gasteiger partial charge >= 0.3 is 0 Å². The average Bonchev–Trinajstić information content (AvgIpc) is 3.33. The summed E-state index contributed by atoms with van der Waals surface area (Å²) >= 11 is 6.53. The van der Waals surface area contributed by atoms with Crippen LogP contribution in [0.2, 0.25) is 5.15 Å². The molecule has 0 spiro atoms. The first-order chi connectivity index (χ1) is 12.0. The van der Waals surface area contributed by atoms with E-state index in [4.69, 9.17) is 20.6 Å². The van der Waals surface area contributed by atoms with Crippen molar-refractivity contribution in [1.82, 2.24) is 25.0 Å². The van der Waals surface area contributed by atoms with Gasteiger partial charge in [-0.1, -0.05) is 21.9 Å². The molecule has 3 aromatic rings. The molecule has 132 valence electrons. The fraction of sp³-hybridized carbons (Fsp3) is 0.471. The highest BCUT2D eigenvalue weighted by Gasteiger charge is 2.31. The molecule has 0 aliphatic carbocycles. The number of rotatable bonds is 4. The number of nitrogens with zero attached hydrogens (tertiary/aromatic N) is 5. The van der Waals surface area contributed by atoms with Gasteiger partial charge in [0.15, 0.2) is 0 Å². The van der Waals surface area contributed by atoms with Gasteiger partial charge in [0, 0.05) is 31.3 Å². The van der Waals surface area contributed by atoms with Crippen LogP contribution in [0.25, 0.3) is 11.4 Å². The Morgan fingerprint density at radius 1 is 1.20 bits per heavy atom. The smallest absolute Gasteiger partial charge is 0.134 e. The van der Waals surface area contributed by atoms with E-state index in [1.807, 2.05) is 33.0 Å². The van der Waals surface area contributed by atoms with Gasteiger partial charge in [0.05, 0.1) is 6.04 Å². The van der Waals surface area contributed by atoms with Gasteiger partial charge in [-0.05, 0) is 33.2 Å². The van der Waals surface area contributed by atoms with Gasteiger partial charge in [0.2, 0.25) is 0 Å². The Hall–Kier alpha value is -2.12. The molecule has 1 fully saturated rings. The number of hydrogen-bond acceptors (Lipinski definition) is 6. The number of aryl methyl sites for hydroxylation is 3. The first-order valence-corrected chi connectivity index (χ1v) is 8.73. The maximum Gasteiger partial charge on any atom is 0.134 e. The predicted molar refractivity (Wildman–Crippen MR) is 92.1 cm³/mol. The minimum Gasteiger partial charge on any atom is -0.361 e. The van der Waals surface area contributed by atoms with Gasteiger partial charge in [0.1, 0.15) is 33.8 Å². The van der Waals surface area contributed by atoms with E-state index in [9.17, 15) is 0 Å². The second-order valence-corrected chi connectivity index (χ2v) is 6.91. The minimum atomic E-state index is 0.237. The molecule has 0 N–H and O–H groups in total. The lowest BCUT2D eigenvalue weighted by atomic mass is 10.1. The molecular formula is C17H20ClN5O2. The highest BCUT2D eigenvalue weighted by atomic mass is 35.5. The summed E-state index contributed by atoms with van der Waals surface area (Å²) in [6.07, 6.45) is 2.18. The Labute approximate surface area is 150 Å². The van der Waals surface area contributed by atoms with Crippen LogP contribution in [0.1, 0.15) is 41.7 Å². The summed E-state index contributed by atoms with van der Waals surface area (Å²) in [6, 6.07) is 4.13. The fourth-order valence-electron chi connectivity index (χ4n) is 3.47. The monoisotopic (exact) mass is 361 g/mol. The summed E-state index contributed by atoms with van der Waals surface area (Å²) in [4.78, 5) is 2.37. The van der Waals surface area contributed by atoms with Gasteiger partial charge in [0.25, 0.3) is 0 Å². The summed E-state index contributed by atoms with van der Waals surface area (Å²) in [5.41, 5.74) is 3.42. The molecule has 4 rings (SSSR count). The molecule has 1 aliphatic heterocycles. The van der Waals surface area contributed by atoms with E-state index >= 15 is 0 Å². The van der Waals surface area contributed by atoms with Crippen LogP contribution in [-0.2, 0) is 13.6 Å². The Bertz CT molecular complexity index is 897. The molecule has 0 unspecified atom stereocenters. The van der Waals surface area contributed by atoms with Crippen molar-refractivity contribution in [3.63, 3.8) is 0 Å². The van der Waals surface area contributed by atoms with E-state index in [1.165, 1.54) is 0 Å². The number of likely N-dealkylation sites (tertiary alicyclic amines) is 1. The Morgan fingerprint density at radius 3 is 2.64 bits per heavy atom. The van der Waals surface area contributed by atoms with Crippen molar-refractivity contribution >= 4 is 11.6 Å². The Balaban J connectivity index is 1.66. The zero-order valence-corrected chi connectivity index (χ0v) is 15.2. The molecule has 0 saturated carbocycles. The summed E-state index contributed by atoms with van der Waals surface area (Å²) < 4.78 is 12.1. The number of hydrogen-bond donors (Lipinski definition) is 0. The van der Waals surface area contributed by atoms with Crippen LogP contribution in [-0.4, -0.2) is 31.5 Å². The second kappa shape index (κ2) is 6.31. The first-order valence-electron chi connectivity index (χ1n) is 8.35. The van der Waals surface area contributed by atoms with Crippen LogP contribution >= 0.6 is 11.6 Å². The third-order valence-electron chi connectivity index (χ3n) is 4.65. The van der Waals surface area contributed by atoms with Crippen molar-refractivity contribution in [2.24, 2.45) is 7.05 Å². The highest BCUT2D eigenvalue weighted by Crippen LogP contribution is 2.36. The SMILES string of the molecule is Cc1cc(-c2nn(C)c(Cl)c2CN2CCC[C@@H]2c2cc(C)on2)no1. The molecule has 0 bridgehead atoms. The van der Waals surface area contributed by atoms with E-state index in [2.05, 4.69) is 20.3 Å².